The summed E-state index contributed by atoms with van der Waals surface area (Å²) in [6.45, 7) is 0. The highest BCUT2D eigenvalue weighted by Gasteiger charge is 2.11. The minimum atomic E-state index is -0.166. The molecule has 0 aromatic heterocycles. The lowest BCUT2D eigenvalue weighted by Crippen LogP contribution is -1.80. The second kappa shape index (κ2) is 4.13. The maximum absolute atomic E-state index is 10.6. The van der Waals surface area contributed by atoms with Crippen molar-refractivity contribution in [3.8, 4) is 28.4 Å². The lowest BCUT2D eigenvalue weighted by atomic mass is 10.0. The average Bonchev–Trinajstić information content (AvgIpc) is 2.30. The van der Waals surface area contributed by atoms with E-state index in [0.29, 0.717) is 11.1 Å². The third-order valence-corrected chi connectivity index (χ3v) is 2.35. The van der Waals surface area contributed by atoms with Gasteiger partial charge in [-0.25, -0.2) is 0 Å². The van der Waals surface area contributed by atoms with Gasteiger partial charge in [-0.3, -0.25) is 0 Å². The van der Waals surface area contributed by atoms with Gasteiger partial charge < -0.3 is 15.3 Å². The first-order valence-corrected chi connectivity index (χ1v) is 4.80. The molecule has 0 bridgehead atoms. The van der Waals surface area contributed by atoms with Crippen LogP contribution in [0.15, 0.2) is 41.6 Å². The number of hydrogen-bond acceptors (Lipinski definition) is 5. The summed E-state index contributed by atoms with van der Waals surface area (Å²) in [5.41, 5.74) is 0.763. The van der Waals surface area contributed by atoms with Gasteiger partial charge in [-0.05, 0) is 29.4 Å². The Morgan fingerprint density at radius 3 is 2.00 bits per heavy atom. The van der Waals surface area contributed by atoms with Crippen LogP contribution in [0, 0.1) is 4.91 Å². The van der Waals surface area contributed by atoms with Gasteiger partial charge in [-0.1, -0.05) is 0 Å². The van der Waals surface area contributed by atoms with Crippen molar-refractivity contribution in [3.05, 3.63) is 41.3 Å². The second-order valence-electron chi connectivity index (χ2n) is 3.49. The van der Waals surface area contributed by atoms with Gasteiger partial charge in [0.2, 0.25) is 0 Å². The van der Waals surface area contributed by atoms with Crippen LogP contribution in [-0.2, 0) is 0 Å². The third kappa shape index (κ3) is 2.03. The van der Waals surface area contributed by atoms with Crippen molar-refractivity contribution in [2.45, 2.75) is 0 Å². The Labute approximate surface area is 96.6 Å². The molecule has 0 radical (unpaired) electrons. The number of nitrogens with zero attached hydrogens (tertiary/aromatic N) is 1. The van der Waals surface area contributed by atoms with E-state index < -0.39 is 0 Å². The summed E-state index contributed by atoms with van der Waals surface area (Å²) >= 11 is 0. The van der Waals surface area contributed by atoms with Gasteiger partial charge in [0.25, 0.3) is 0 Å². The Bertz CT molecular complexity index is 581. The van der Waals surface area contributed by atoms with Crippen LogP contribution in [0.1, 0.15) is 0 Å². The molecule has 17 heavy (non-hydrogen) atoms. The molecule has 5 heteroatoms. The molecular weight excluding hydrogens is 222 g/mol. The molecule has 0 heterocycles. The van der Waals surface area contributed by atoms with E-state index in [9.17, 15) is 15.1 Å². The molecule has 2 rings (SSSR count). The molecule has 0 saturated heterocycles. The number of benzene rings is 2. The Morgan fingerprint density at radius 1 is 0.824 bits per heavy atom. The van der Waals surface area contributed by atoms with Crippen molar-refractivity contribution in [2.75, 3.05) is 0 Å². The van der Waals surface area contributed by atoms with E-state index in [-0.39, 0.29) is 22.9 Å². The number of nitroso groups, excluding NO2 is 1. The maximum atomic E-state index is 10.6. The normalized spacial score (nSPS) is 10.1. The highest BCUT2D eigenvalue weighted by atomic mass is 16.3. The lowest BCUT2D eigenvalue weighted by molar-refractivity contribution is 0.451. The van der Waals surface area contributed by atoms with Gasteiger partial charge in [-0.15, -0.1) is 4.91 Å². The summed E-state index contributed by atoms with van der Waals surface area (Å²) in [6, 6.07) is 8.07. The van der Waals surface area contributed by atoms with Gasteiger partial charge in [0, 0.05) is 23.3 Å². The van der Waals surface area contributed by atoms with Crippen molar-refractivity contribution < 1.29 is 15.3 Å². The van der Waals surface area contributed by atoms with Crippen LogP contribution < -0.4 is 0 Å². The molecule has 0 atom stereocenters. The quantitative estimate of drug-likeness (QED) is 0.693. The van der Waals surface area contributed by atoms with Crippen molar-refractivity contribution in [1.82, 2.24) is 0 Å². The molecule has 3 N–H and O–H groups in total. The molecule has 2 aromatic carbocycles. The van der Waals surface area contributed by atoms with Crippen molar-refractivity contribution in [3.63, 3.8) is 0 Å². The minimum Gasteiger partial charge on any atom is -0.508 e. The summed E-state index contributed by atoms with van der Waals surface area (Å²) in [4.78, 5) is 10.6. The van der Waals surface area contributed by atoms with Crippen LogP contribution in [0.25, 0.3) is 11.1 Å². The highest BCUT2D eigenvalue weighted by Crippen LogP contribution is 2.38. The van der Waals surface area contributed by atoms with E-state index in [2.05, 4.69) is 5.18 Å². The molecule has 2 aromatic rings. The van der Waals surface area contributed by atoms with E-state index in [1.165, 1.54) is 30.3 Å². The molecular formula is C12H9NO4. The number of phenolic OH excluding ortho intramolecular Hbond substituents is 3. The Kier molecular flexibility index (Phi) is 2.66. The molecule has 5 nitrogen and oxygen atoms in total. The molecule has 0 spiro atoms. The van der Waals surface area contributed by atoms with E-state index >= 15 is 0 Å². The number of aromatic hydroxyl groups is 3. The van der Waals surface area contributed by atoms with E-state index in [1.54, 1.807) is 0 Å². The van der Waals surface area contributed by atoms with Crippen LogP contribution in [0.3, 0.4) is 0 Å². The molecule has 0 amide bonds. The molecule has 0 unspecified atom stereocenters. The highest BCUT2D eigenvalue weighted by molar-refractivity contribution is 5.81. The van der Waals surface area contributed by atoms with E-state index in [0.717, 1.165) is 6.07 Å². The molecule has 0 fully saturated rings. The van der Waals surface area contributed by atoms with E-state index in [4.69, 9.17) is 5.11 Å². The van der Waals surface area contributed by atoms with Crippen LogP contribution in [0.2, 0.25) is 0 Å². The molecule has 0 aliphatic rings. The standard InChI is InChI=1S/C12H9NO4/c14-7-1-3-9(11(5-7)13-17)10-4-2-8(15)6-12(10)16/h1-6,14-16H. The van der Waals surface area contributed by atoms with Gasteiger partial charge in [0.05, 0.1) is 0 Å². The Morgan fingerprint density at radius 2 is 1.41 bits per heavy atom. The van der Waals surface area contributed by atoms with E-state index in [1.807, 2.05) is 0 Å². The van der Waals surface area contributed by atoms with Crippen molar-refractivity contribution >= 4 is 5.69 Å². The first-order valence-electron chi connectivity index (χ1n) is 4.80. The third-order valence-electron chi connectivity index (χ3n) is 2.35. The molecule has 0 saturated carbocycles. The monoisotopic (exact) mass is 231 g/mol. The summed E-state index contributed by atoms with van der Waals surface area (Å²) in [7, 11) is 0. The zero-order chi connectivity index (χ0) is 12.4. The Balaban J connectivity index is 2.63. The zero-order valence-corrected chi connectivity index (χ0v) is 8.66. The first kappa shape index (κ1) is 10.9. The summed E-state index contributed by atoms with van der Waals surface area (Å²) < 4.78 is 0. The molecule has 0 aliphatic carbocycles. The van der Waals surface area contributed by atoms with Crippen LogP contribution in [-0.4, -0.2) is 15.3 Å². The zero-order valence-electron chi connectivity index (χ0n) is 8.66. The average molecular weight is 231 g/mol. The first-order chi connectivity index (χ1) is 8.11. The van der Waals surface area contributed by atoms with Crippen molar-refractivity contribution in [1.29, 1.82) is 0 Å². The summed E-state index contributed by atoms with van der Waals surface area (Å²) in [6.07, 6.45) is 0. The van der Waals surface area contributed by atoms with Crippen LogP contribution in [0.4, 0.5) is 5.69 Å². The van der Waals surface area contributed by atoms with Gasteiger partial charge >= 0.3 is 0 Å². The maximum Gasteiger partial charge on any atom is 0.127 e. The lowest BCUT2D eigenvalue weighted by Gasteiger charge is -2.07. The van der Waals surface area contributed by atoms with Gasteiger partial charge in [-0.2, -0.15) is 0 Å². The van der Waals surface area contributed by atoms with Gasteiger partial charge in [0.1, 0.15) is 22.9 Å². The largest absolute Gasteiger partial charge is 0.508 e. The fourth-order valence-electron chi connectivity index (χ4n) is 1.57. The van der Waals surface area contributed by atoms with Crippen LogP contribution >= 0.6 is 0 Å². The summed E-state index contributed by atoms with van der Waals surface area (Å²) in [5, 5.41) is 30.9. The molecule has 0 aliphatic heterocycles. The topological polar surface area (TPSA) is 90.1 Å². The SMILES string of the molecule is O=Nc1cc(O)ccc1-c1ccc(O)cc1O. The predicted molar refractivity (Wildman–Crippen MR) is 62.3 cm³/mol. The summed E-state index contributed by atoms with van der Waals surface area (Å²) in [5.74, 6) is -0.326. The van der Waals surface area contributed by atoms with Crippen LogP contribution in [0.5, 0.6) is 17.2 Å². The number of rotatable bonds is 2. The Hall–Kier alpha value is -2.56. The predicted octanol–water partition coefficient (Wildman–Crippen LogP) is 2.87. The number of phenols is 3. The molecule has 86 valence electrons. The van der Waals surface area contributed by atoms with Crippen molar-refractivity contribution in [2.24, 2.45) is 5.18 Å². The number of hydrogen-bond donors (Lipinski definition) is 3. The second-order valence-corrected chi connectivity index (χ2v) is 3.49. The van der Waals surface area contributed by atoms with Gasteiger partial charge in [0.15, 0.2) is 0 Å². The fourth-order valence-corrected chi connectivity index (χ4v) is 1.57. The minimum absolute atomic E-state index is 0.0194. The smallest absolute Gasteiger partial charge is 0.127 e. The fraction of sp³-hybridized carbons (Fsp3) is 0.